The summed E-state index contributed by atoms with van der Waals surface area (Å²) >= 11 is 0.996. The zero-order valence-corrected chi connectivity index (χ0v) is 17.8. The molecule has 0 fully saturated rings. The number of nitrogens with one attached hydrogen (secondary N) is 2. The second-order valence-electron chi connectivity index (χ2n) is 6.70. The van der Waals surface area contributed by atoms with Crippen LogP contribution in [0.15, 0.2) is 28.8 Å². The Balaban J connectivity index is 1.64. The lowest BCUT2D eigenvalue weighted by atomic mass is 10.2. The average Bonchev–Trinajstić information content (AvgIpc) is 3.27. The molecule has 0 unspecified atom stereocenters. The topological polar surface area (TPSA) is 124 Å². The highest BCUT2D eigenvalue weighted by atomic mass is 32.1. The molecule has 3 rings (SSSR count). The SMILES string of the molecule is Cc1noc(C)c1C(=O)N(C)Cc1nc(NC(=O)NCc2cccc(F)c2)sc1C#N. The van der Waals surface area contributed by atoms with E-state index in [0.29, 0.717) is 28.3 Å². The Labute approximate surface area is 181 Å². The standard InChI is InChI=1S/C20H19FN6O3S/c1-11-17(12(2)30-26-11)18(28)27(3)10-15-16(8-22)31-20(24-15)25-19(29)23-9-13-5-4-6-14(21)7-13/h4-7H,9-10H2,1-3H3,(H2,23,24,25,29). The second kappa shape index (κ2) is 9.36. The molecular weight excluding hydrogens is 423 g/mol. The van der Waals surface area contributed by atoms with Crippen LogP contribution in [0.2, 0.25) is 0 Å². The van der Waals surface area contributed by atoms with E-state index in [4.69, 9.17) is 4.52 Å². The number of rotatable bonds is 6. The third-order valence-corrected chi connectivity index (χ3v) is 5.26. The summed E-state index contributed by atoms with van der Waals surface area (Å²) < 4.78 is 18.2. The second-order valence-corrected chi connectivity index (χ2v) is 7.70. The van der Waals surface area contributed by atoms with Gasteiger partial charge in [-0.15, -0.1) is 0 Å². The molecular formula is C20H19FN6O3S. The predicted octanol–water partition coefficient (Wildman–Crippen LogP) is 3.35. The van der Waals surface area contributed by atoms with Crippen LogP contribution in [0.1, 0.15) is 37.9 Å². The number of anilines is 1. The van der Waals surface area contributed by atoms with Gasteiger partial charge in [-0.1, -0.05) is 28.6 Å². The van der Waals surface area contributed by atoms with Gasteiger partial charge >= 0.3 is 6.03 Å². The molecule has 0 aliphatic carbocycles. The van der Waals surface area contributed by atoms with Crippen molar-refractivity contribution >= 4 is 28.4 Å². The Morgan fingerprint density at radius 2 is 2.13 bits per heavy atom. The maximum absolute atomic E-state index is 13.2. The molecule has 2 aromatic heterocycles. The summed E-state index contributed by atoms with van der Waals surface area (Å²) in [6.07, 6.45) is 0. The zero-order valence-electron chi connectivity index (χ0n) is 17.0. The van der Waals surface area contributed by atoms with Crippen molar-refractivity contribution in [1.29, 1.82) is 5.26 Å². The van der Waals surface area contributed by atoms with Crippen molar-refractivity contribution in [2.45, 2.75) is 26.9 Å². The van der Waals surface area contributed by atoms with Crippen LogP contribution in [-0.4, -0.2) is 34.0 Å². The number of carbonyl (C=O) groups excluding carboxylic acids is 2. The van der Waals surface area contributed by atoms with E-state index in [1.54, 1.807) is 33.0 Å². The lowest BCUT2D eigenvalue weighted by Gasteiger charge is -2.15. The molecule has 3 aromatic rings. The third-order valence-electron chi connectivity index (χ3n) is 4.34. The van der Waals surface area contributed by atoms with Gasteiger partial charge in [-0.25, -0.2) is 14.2 Å². The molecule has 0 bridgehead atoms. The van der Waals surface area contributed by atoms with Gasteiger partial charge in [0.15, 0.2) is 5.13 Å². The first-order valence-corrected chi connectivity index (χ1v) is 9.97. The molecule has 0 saturated heterocycles. The quantitative estimate of drug-likeness (QED) is 0.603. The first-order valence-electron chi connectivity index (χ1n) is 9.16. The van der Waals surface area contributed by atoms with Gasteiger partial charge in [0.1, 0.15) is 28.1 Å². The Morgan fingerprint density at radius 3 is 2.77 bits per heavy atom. The van der Waals surface area contributed by atoms with E-state index in [9.17, 15) is 19.2 Å². The fourth-order valence-electron chi connectivity index (χ4n) is 2.85. The van der Waals surface area contributed by atoms with Crippen LogP contribution in [-0.2, 0) is 13.1 Å². The van der Waals surface area contributed by atoms with Crippen molar-refractivity contribution < 1.29 is 18.5 Å². The Bertz CT molecular complexity index is 1150. The number of thiazole rings is 1. The van der Waals surface area contributed by atoms with Crippen LogP contribution in [0.3, 0.4) is 0 Å². The normalized spacial score (nSPS) is 10.4. The van der Waals surface area contributed by atoms with E-state index >= 15 is 0 Å². The lowest BCUT2D eigenvalue weighted by Crippen LogP contribution is -2.28. The summed E-state index contributed by atoms with van der Waals surface area (Å²) in [5.74, 6) is -0.292. The molecule has 0 atom stereocenters. The van der Waals surface area contributed by atoms with E-state index < -0.39 is 11.8 Å². The number of halogens is 1. The van der Waals surface area contributed by atoms with Crippen molar-refractivity contribution in [3.05, 3.63) is 63.2 Å². The zero-order chi connectivity index (χ0) is 22.5. The van der Waals surface area contributed by atoms with Crippen molar-refractivity contribution in [1.82, 2.24) is 20.4 Å². The maximum atomic E-state index is 13.2. The largest absolute Gasteiger partial charge is 0.361 e. The van der Waals surface area contributed by atoms with Crippen LogP contribution in [0.4, 0.5) is 14.3 Å². The van der Waals surface area contributed by atoms with E-state index in [-0.39, 0.29) is 29.0 Å². The minimum atomic E-state index is -0.547. The number of amides is 3. The molecule has 0 saturated carbocycles. The number of nitrogens with zero attached hydrogens (tertiary/aromatic N) is 4. The highest BCUT2D eigenvalue weighted by Crippen LogP contribution is 2.24. The first kappa shape index (κ1) is 21.9. The molecule has 2 heterocycles. The number of aryl methyl sites for hydroxylation is 2. The number of nitriles is 1. The van der Waals surface area contributed by atoms with Gasteiger partial charge in [-0.2, -0.15) is 5.26 Å². The fraction of sp³-hybridized carbons (Fsp3) is 0.250. The van der Waals surface area contributed by atoms with E-state index in [0.717, 1.165) is 11.3 Å². The maximum Gasteiger partial charge on any atom is 0.321 e. The van der Waals surface area contributed by atoms with Crippen molar-refractivity contribution in [2.75, 3.05) is 12.4 Å². The molecule has 3 amide bonds. The van der Waals surface area contributed by atoms with Crippen LogP contribution in [0.25, 0.3) is 0 Å². The molecule has 0 aliphatic heterocycles. The summed E-state index contributed by atoms with van der Waals surface area (Å²) in [6, 6.07) is 7.36. The molecule has 2 N–H and O–H groups in total. The van der Waals surface area contributed by atoms with Gasteiger partial charge in [0, 0.05) is 13.6 Å². The van der Waals surface area contributed by atoms with Gasteiger partial charge in [0.05, 0.1) is 17.9 Å². The van der Waals surface area contributed by atoms with Crippen molar-refractivity contribution in [3.8, 4) is 6.07 Å². The summed E-state index contributed by atoms with van der Waals surface area (Å²) in [4.78, 5) is 30.8. The van der Waals surface area contributed by atoms with Gasteiger partial charge in [0.25, 0.3) is 5.91 Å². The highest BCUT2D eigenvalue weighted by Gasteiger charge is 2.23. The number of aromatic nitrogens is 2. The summed E-state index contributed by atoms with van der Waals surface area (Å²) in [5.41, 5.74) is 1.81. The highest BCUT2D eigenvalue weighted by molar-refractivity contribution is 7.16. The molecule has 9 nitrogen and oxygen atoms in total. The fourth-order valence-corrected chi connectivity index (χ4v) is 3.61. The van der Waals surface area contributed by atoms with Gasteiger partial charge < -0.3 is 14.7 Å². The number of hydrogen-bond acceptors (Lipinski definition) is 7. The summed E-state index contributed by atoms with van der Waals surface area (Å²) in [7, 11) is 1.58. The predicted molar refractivity (Wildman–Crippen MR) is 111 cm³/mol. The smallest absolute Gasteiger partial charge is 0.321 e. The first-order chi connectivity index (χ1) is 14.8. The minimum absolute atomic E-state index is 0.0644. The molecule has 11 heteroatoms. The van der Waals surface area contributed by atoms with Crippen molar-refractivity contribution in [2.24, 2.45) is 0 Å². The van der Waals surface area contributed by atoms with Crippen LogP contribution in [0, 0.1) is 31.0 Å². The van der Waals surface area contributed by atoms with Gasteiger partial charge in [0.2, 0.25) is 0 Å². The van der Waals surface area contributed by atoms with Crippen LogP contribution >= 0.6 is 11.3 Å². The third kappa shape index (κ3) is 5.23. The Kier molecular flexibility index (Phi) is 6.61. The van der Waals surface area contributed by atoms with Crippen molar-refractivity contribution in [3.63, 3.8) is 0 Å². The molecule has 160 valence electrons. The number of urea groups is 1. The van der Waals surface area contributed by atoms with E-state index in [2.05, 4.69) is 20.8 Å². The molecule has 0 radical (unpaired) electrons. The number of hydrogen-bond donors (Lipinski definition) is 2. The van der Waals surface area contributed by atoms with Gasteiger partial charge in [-0.3, -0.25) is 10.1 Å². The number of carbonyl (C=O) groups is 2. The van der Waals surface area contributed by atoms with Crippen LogP contribution < -0.4 is 10.6 Å². The number of benzene rings is 1. The monoisotopic (exact) mass is 442 g/mol. The van der Waals surface area contributed by atoms with Crippen LogP contribution in [0.5, 0.6) is 0 Å². The molecule has 0 spiro atoms. The molecule has 0 aliphatic rings. The lowest BCUT2D eigenvalue weighted by molar-refractivity contribution is 0.0781. The Hall–Kier alpha value is -3.78. The summed E-state index contributed by atoms with van der Waals surface area (Å²) in [5, 5.41) is 18.5. The minimum Gasteiger partial charge on any atom is -0.361 e. The Morgan fingerprint density at radius 1 is 1.35 bits per heavy atom. The molecule has 1 aromatic carbocycles. The summed E-state index contributed by atoms with van der Waals surface area (Å²) in [6.45, 7) is 3.51. The average molecular weight is 442 g/mol. The molecule has 31 heavy (non-hydrogen) atoms. The van der Waals surface area contributed by atoms with E-state index in [1.807, 2.05) is 6.07 Å². The van der Waals surface area contributed by atoms with E-state index in [1.165, 1.54) is 17.0 Å². The van der Waals surface area contributed by atoms with Gasteiger partial charge in [-0.05, 0) is 31.5 Å².